The molecule has 0 aliphatic heterocycles. The predicted molar refractivity (Wildman–Crippen MR) is 74.2 cm³/mol. The van der Waals surface area contributed by atoms with Gasteiger partial charge in [-0.05, 0) is 47.2 Å². The first-order chi connectivity index (χ1) is 10.5. The number of benzene rings is 1. The molecule has 138 valence electrons. The minimum atomic E-state index is -6.97. The number of rotatable bonds is 5. The van der Waals surface area contributed by atoms with Crippen LogP contribution in [-0.4, -0.2) is 29.1 Å². The molecular weight excluding hydrogens is 470 g/mol. The normalized spacial score (nSPS) is 16.8. The summed E-state index contributed by atoms with van der Waals surface area (Å²) < 4.78 is 116. The van der Waals surface area contributed by atoms with Crippen molar-refractivity contribution in [1.29, 1.82) is 0 Å². The van der Waals surface area contributed by atoms with Crippen LogP contribution in [0.15, 0.2) is 24.3 Å². The van der Waals surface area contributed by atoms with Crippen LogP contribution >= 0.6 is 22.6 Å². The fourth-order valence-electron chi connectivity index (χ4n) is 1.86. The molecule has 1 nitrogen and oxygen atoms in total. The standard InChI is InChI=1S/C13H10F9IO/c1-9(24,7-2-4-8(23)5-3-7)6-10(14,15)11(16,17)12(18,19)13(20,21)22/h2-5,24H,6H2,1H3. The first kappa shape index (κ1) is 21.3. The Hall–Kier alpha value is -0.720. The second-order valence-corrected chi connectivity index (χ2v) is 6.55. The largest absolute Gasteiger partial charge is 0.460 e. The molecule has 1 aromatic carbocycles. The van der Waals surface area contributed by atoms with Crippen LogP contribution in [0.25, 0.3) is 0 Å². The van der Waals surface area contributed by atoms with Crippen molar-refractivity contribution in [2.75, 3.05) is 0 Å². The fourth-order valence-corrected chi connectivity index (χ4v) is 2.22. The van der Waals surface area contributed by atoms with E-state index in [4.69, 9.17) is 0 Å². The maximum absolute atomic E-state index is 13.6. The Bertz CT molecular complexity index is 578. The average Bonchev–Trinajstić information content (AvgIpc) is 2.36. The second kappa shape index (κ2) is 6.22. The van der Waals surface area contributed by atoms with Crippen LogP contribution in [0.5, 0.6) is 0 Å². The molecule has 0 fully saturated rings. The smallest absolute Gasteiger partial charge is 0.385 e. The van der Waals surface area contributed by atoms with E-state index in [9.17, 15) is 44.6 Å². The molecule has 0 saturated heterocycles. The zero-order valence-corrected chi connectivity index (χ0v) is 13.9. The van der Waals surface area contributed by atoms with Gasteiger partial charge in [0.1, 0.15) is 0 Å². The predicted octanol–water partition coefficient (Wildman–Crippen LogP) is 5.36. The highest BCUT2D eigenvalue weighted by Crippen LogP contribution is 2.55. The minimum Gasteiger partial charge on any atom is -0.385 e. The van der Waals surface area contributed by atoms with Gasteiger partial charge in [0.15, 0.2) is 0 Å². The molecule has 0 spiro atoms. The van der Waals surface area contributed by atoms with Crippen molar-refractivity contribution >= 4 is 22.6 Å². The van der Waals surface area contributed by atoms with Gasteiger partial charge >= 0.3 is 23.9 Å². The number of aliphatic hydroxyl groups is 1. The number of hydrogen-bond donors (Lipinski definition) is 1. The topological polar surface area (TPSA) is 20.2 Å². The molecule has 1 N–H and O–H groups in total. The summed E-state index contributed by atoms with van der Waals surface area (Å²) in [6.45, 7) is 0.616. The Labute approximate surface area is 144 Å². The lowest BCUT2D eigenvalue weighted by Crippen LogP contribution is -2.62. The molecule has 1 rings (SSSR count). The Morgan fingerprint density at radius 1 is 0.833 bits per heavy atom. The van der Waals surface area contributed by atoms with Gasteiger partial charge in [-0.1, -0.05) is 12.1 Å². The van der Waals surface area contributed by atoms with Crippen LogP contribution in [0.4, 0.5) is 39.5 Å². The highest BCUT2D eigenvalue weighted by atomic mass is 127. The maximum atomic E-state index is 13.6. The highest BCUT2D eigenvalue weighted by molar-refractivity contribution is 14.1. The third-order valence-corrected chi connectivity index (χ3v) is 3.96. The summed E-state index contributed by atoms with van der Waals surface area (Å²) in [7, 11) is 0. The molecule has 1 unspecified atom stereocenters. The molecule has 0 heterocycles. The van der Waals surface area contributed by atoms with Gasteiger partial charge < -0.3 is 5.11 Å². The molecule has 0 amide bonds. The lowest BCUT2D eigenvalue weighted by atomic mass is 9.86. The quantitative estimate of drug-likeness (QED) is 0.445. The third-order valence-electron chi connectivity index (χ3n) is 3.24. The van der Waals surface area contributed by atoms with E-state index in [1.807, 2.05) is 22.6 Å². The van der Waals surface area contributed by atoms with Crippen LogP contribution in [0.3, 0.4) is 0 Å². The third kappa shape index (κ3) is 3.75. The Morgan fingerprint density at radius 2 is 1.25 bits per heavy atom. The summed E-state index contributed by atoms with van der Waals surface area (Å²) in [6, 6.07) is 4.76. The second-order valence-electron chi connectivity index (χ2n) is 5.31. The molecule has 0 aliphatic rings. The molecular formula is C13H10F9IO. The molecule has 0 bridgehead atoms. The van der Waals surface area contributed by atoms with Crippen molar-refractivity contribution in [3.05, 3.63) is 33.4 Å². The first-order valence-electron chi connectivity index (χ1n) is 6.14. The number of hydrogen-bond acceptors (Lipinski definition) is 1. The van der Waals surface area contributed by atoms with E-state index < -0.39 is 36.0 Å². The van der Waals surface area contributed by atoms with E-state index in [1.165, 1.54) is 12.1 Å². The van der Waals surface area contributed by atoms with Crippen LogP contribution in [0, 0.1) is 3.57 Å². The molecule has 0 saturated carbocycles. The van der Waals surface area contributed by atoms with Crippen molar-refractivity contribution < 1.29 is 44.6 Å². The van der Waals surface area contributed by atoms with Crippen molar-refractivity contribution in [1.82, 2.24) is 0 Å². The van der Waals surface area contributed by atoms with Crippen molar-refractivity contribution in [2.24, 2.45) is 0 Å². The zero-order chi connectivity index (χ0) is 19.2. The molecule has 0 radical (unpaired) electrons. The van der Waals surface area contributed by atoms with Gasteiger partial charge in [0.05, 0.1) is 12.0 Å². The van der Waals surface area contributed by atoms with Crippen LogP contribution < -0.4 is 0 Å². The van der Waals surface area contributed by atoms with Gasteiger partial charge in [0.2, 0.25) is 0 Å². The van der Waals surface area contributed by atoms with Gasteiger partial charge in [-0.25, -0.2) is 0 Å². The van der Waals surface area contributed by atoms with E-state index in [-0.39, 0.29) is 5.56 Å². The van der Waals surface area contributed by atoms with Gasteiger partial charge in [-0.3, -0.25) is 0 Å². The average molecular weight is 480 g/mol. The van der Waals surface area contributed by atoms with Crippen LogP contribution in [0.2, 0.25) is 0 Å². The Kier molecular flexibility index (Phi) is 5.52. The fraction of sp³-hybridized carbons (Fsp3) is 0.538. The van der Waals surface area contributed by atoms with Gasteiger partial charge in [0, 0.05) is 3.57 Å². The van der Waals surface area contributed by atoms with E-state index >= 15 is 0 Å². The SMILES string of the molecule is CC(O)(CC(F)(F)C(F)(F)C(F)(F)C(F)(F)F)c1ccc(I)cc1. The molecule has 11 heteroatoms. The molecule has 0 aliphatic carbocycles. The maximum Gasteiger partial charge on any atom is 0.460 e. The number of alkyl halides is 9. The highest BCUT2D eigenvalue weighted by Gasteiger charge is 2.81. The Balaban J connectivity index is 3.21. The summed E-state index contributed by atoms with van der Waals surface area (Å²) in [5.41, 5.74) is -3.10. The summed E-state index contributed by atoms with van der Waals surface area (Å²) in [6.07, 6.45) is -9.21. The van der Waals surface area contributed by atoms with Gasteiger partial charge in [-0.2, -0.15) is 39.5 Å². The van der Waals surface area contributed by atoms with E-state index in [0.717, 1.165) is 12.1 Å². The van der Waals surface area contributed by atoms with Crippen molar-refractivity contribution in [3.63, 3.8) is 0 Å². The lowest BCUT2D eigenvalue weighted by Gasteiger charge is -2.37. The van der Waals surface area contributed by atoms with E-state index in [2.05, 4.69) is 0 Å². The van der Waals surface area contributed by atoms with Crippen molar-refractivity contribution in [3.8, 4) is 0 Å². The summed E-state index contributed by atoms with van der Waals surface area (Å²) in [5.74, 6) is -19.5. The van der Waals surface area contributed by atoms with Crippen molar-refractivity contribution in [2.45, 2.75) is 42.9 Å². The van der Waals surface area contributed by atoms with E-state index in [1.54, 1.807) is 0 Å². The van der Waals surface area contributed by atoms with Crippen LogP contribution in [-0.2, 0) is 5.60 Å². The first-order valence-corrected chi connectivity index (χ1v) is 7.22. The molecule has 1 aromatic rings. The monoisotopic (exact) mass is 480 g/mol. The lowest BCUT2D eigenvalue weighted by molar-refractivity contribution is -0.400. The van der Waals surface area contributed by atoms with E-state index in [0.29, 0.717) is 10.5 Å². The zero-order valence-electron chi connectivity index (χ0n) is 11.7. The summed E-state index contributed by atoms with van der Waals surface area (Å²) in [5, 5.41) is 9.90. The summed E-state index contributed by atoms with van der Waals surface area (Å²) in [4.78, 5) is 0. The summed E-state index contributed by atoms with van der Waals surface area (Å²) >= 11 is 1.81. The van der Waals surface area contributed by atoms with Gasteiger partial charge in [0.25, 0.3) is 0 Å². The van der Waals surface area contributed by atoms with Gasteiger partial charge in [-0.15, -0.1) is 0 Å². The molecule has 1 atom stereocenters. The molecule has 0 aromatic heterocycles. The number of halogens is 10. The minimum absolute atomic E-state index is 0.339. The molecule has 24 heavy (non-hydrogen) atoms. The van der Waals surface area contributed by atoms with Crippen LogP contribution in [0.1, 0.15) is 18.9 Å². The Morgan fingerprint density at radius 3 is 1.62 bits per heavy atom.